The summed E-state index contributed by atoms with van der Waals surface area (Å²) in [7, 11) is 0. The summed E-state index contributed by atoms with van der Waals surface area (Å²) in [6, 6.07) is 8.08. The molecule has 0 bridgehead atoms. The summed E-state index contributed by atoms with van der Waals surface area (Å²) in [4.78, 5) is 16.1. The van der Waals surface area contributed by atoms with E-state index in [1.165, 1.54) is 4.88 Å². The summed E-state index contributed by atoms with van der Waals surface area (Å²) >= 11 is 1.73. The fraction of sp³-hybridized carbons (Fsp3) is 0.500. The monoisotopic (exact) mass is 398 g/mol. The normalized spacial score (nSPS) is 17.4. The Morgan fingerprint density at radius 1 is 1.32 bits per heavy atom. The third-order valence-corrected chi connectivity index (χ3v) is 6.09. The minimum atomic E-state index is 0.0000593. The van der Waals surface area contributed by atoms with E-state index in [0.717, 1.165) is 43.1 Å². The first-order valence-corrected chi connectivity index (χ1v) is 10.8. The van der Waals surface area contributed by atoms with Gasteiger partial charge in [0.1, 0.15) is 5.82 Å². The number of piperidine rings is 1. The van der Waals surface area contributed by atoms with Crippen molar-refractivity contribution in [1.82, 2.24) is 25.1 Å². The van der Waals surface area contributed by atoms with Gasteiger partial charge in [0.15, 0.2) is 11.5 Å². The summed E-state index contributed by atoms with van der Waals surface area (Å²) in [5.41, 5.74) is 0.757. The van der Waals surface area contributed by atoms with E-state index in [2.05, 4.69) is 45.7 Å². The highest BCUT2D eigenvalue weighted by molar-refractivity contribution is 7.09. The fourth-order valence-electron chi connectivity index (χ4n) is 3.63. The molecule has 28 heavy (non-hydrogen) atoms. The number of carbonyl (C=O) groups excluding carboxylic acids is 1. The van der Waals surface area contributed by atoms with Gasteiger partial charge in [-0.05, 0) is 42.8 Å². The summed E-state index contributed by atoms with van der Waals surface area (Å²) < 4.78 is 1.82. The third-order valence-electron chi connectivity index (χ3n) is 5.16. The highest BCUT2D eigenvalue weighted by atomic mass is 32.1. The number of anilines is 1. The fourth-order valence-corrected chi connectivity index (χ4v) is 4.34. The number of fused-ring (bicyclic) bond motifs is 1. The second-order valence-electron chi connectivity index (χ2n) is 7.58. The van der Waals surface area contributed by atoms with Crippen molar-refractivity contribution >= 4 is 28.7 Å². The molecule has 0 saturated carbocycles. The summed E-state index contributed by atoms with van der Waals surface area (Å²) in [6.07, 6.45) is 2.80. The first-order valence-electron chi connectivity index (χ1n) is 9.89. The van der Waals surface area contributed by atoms with Crippen LogP contribution >= 0.6 is 11.3 Å². The molecule has 3 aromatic rings. The zero-order valence-electron chi connectivity index (χ0n) is 16.3. The standard InChI is InChI=1S/C20H26N6OS/c1-14(2)19-23-22-17-7-8-18(24-26(17)19)25-11-3-5-15(13-25)20(27)21-10-9-16-6-4-12-28-16/h4,6-8,12,14-15H,3,5,9-11,13H2,1-2H3,(H,21,27)/t15-/m0/s1. The molecule has 1 N–H and O–H groups in total. The number of carbonyl (C=O) groups is 1. The van der Waals surface area contributed by atoms with Crippen LogP contribution in [-0.4, -0.2) is 45.4 Å². The van der Waals surface area contributed by atoms with Gasteiger partial charge in [-0.3, -0.25) is 4.79 Å². The van der Waals surface area contributed by atoms with Crippen LogP contribution in [0.3, 0.4) is 0 Å². The Bertz CT molecular complexity index is 935. The average molecular weight is 399 g/mol. The van der Waals surface area contributed by atoms with Gasteiger partial charge in [0.2, 0.25) is 5.91 Å². The third kappa shape index (κ3) is 4.01. The van der Waals surface area contributed by atoms with Gasteiger partial charge >= 0.3 is 0 Å². The lowest BCUT2D eigenvalue weighted by molar-refractivity contribution is -0.125. The molecule has 3 aromatic heterocycles. The van der Waals surface area contributed by atoms with E-state index in [0.29, 0.717) is 13.1 Å². The van der Waals surface area contributed by atoms with Crippen LogP contribution in [0.5, 0.6) is 0 Å². The number of aromatic nitrogens is 4. The van der Waals surface area contributed by atoms with Gasteiger partial charge in [-0.15, -0.1) is 26.6 Å². The lowest BCUT2D eigenvalue weighted by Gasteiger charge is -2.32. The Balaban J connectivity index is 1.41. The predicted molar refractivity (Wildman–Crippen MR) is 111 cm³/mol. The molecule has 4 heterocycles. The minimum absolute atomic E-state index is 0.0000593. The Morgan fingerprint density at radius 2 is 2.21 bits per heavy atom. The molecule has 0 radical (unpaired) electrons. The van der Waals surface area contributed by atoms with Crippen LogP contribution in [0.25, 0.3) is 5.65 Å². The second kappa shape index (κ2) is 8.26. The molecule has 1 fully saturated rings. The van der Waals surface area contributed by atoms with E-state index >= 15 is 0 Å². The molecule has 8 heteroatoms. The SMILES string of the molecule is CC(C)c1nnc2ccc(N3CCC[C@H](C(=O)NCCc4cccs4)C3)nn12. The Kier molecular flexibility index (Phi) is 5.57. The van der Waals surface area contributed by atoms with Crippen molar-refractivity contribution in [2.24, 2.45) is 5.92 Å². The highest BCUT2D eigenvalue weighted by Crippen LogP contribution is 2.23. The van der Waals surface area contributed by atoms with Crippen LogP contribution in [0.15, 0.2) is 29.6 Å². The van der Waals surface area contributed by atoms with Crippen LogP contribution in [0, 0.1) is 5.92 Å². The lowest BCUT2D eigenvalue weighted by Crippen LogP contribution is -2.44. The number of hydrogen-bond donors (Lipinski definition) is 1. The first-order chi connectivity index (χ1) is 13.6. The van der Waals surface area contributed by atoms with Gasteiger partial charge in [0.25, 0.3) is 0 Å². The highest BCUT2D eigenvalue weighted by Gasteiger charge is 2.27. The van der Waals surface area contributed by atoms with Gasteiger partial charge in [0, 0.05) is 30.4 Å². The first kappa shape index (κ1) is 18.9. The number of amides is 1. The number of thiophene rings is 1. The number of rotatable bonds is 6. The summed E-state index contributed by atoms with van der Waals surface area (Å²) in [5.74, 6) is 2.14. The van der Waals surface area contributed by atoms with Crippen molar-refractivity contribution in [2.45, 2.75) is 39.0 Å². The zero-order chi connectivity index (χ0) is 19.5. The zero-order valence-corrected chi connectivity index (χ0v) is 17.2. The molecular weight excluding hydrogens is 372 g/mol. The molecule has 1 atom stereocenters. The van der Waals surface area contributed by atoms with Crippen LogP contribution in [0.1, 0.15) is 43.3 Å². The van der Waals surface area contributed by atoms with Crippen molar-refractivity contribution in [2.75, 3.05) is 24.5 Å². The van der Waals surface area contributed by atoms with Gasteiger partial charge in [-0.2, -0.15) is 4.52 Å². The van der Waals surface area contributed by atoms with Crippen molar-refractivity contribution in [3.8, 4) is 0 Å². The number of hydrogen-bond acceptors (Lipinski definition) is 6. The average Bonchev–Trinajstić information content (AvgIpc) is 3.37. The van der Waals surface area contributed by atoms with Crippen LogP contribution in [-0.2, 0) is 11.2 Å². The van der Waals surface area contributed by atoms with Crippen LogP contribution in [0.4, 0.5) is 5.82 Å². The largest absolute Gasteiger partial charge is 0.355 e. The molecule has 1 aliphatic heterocycles. The summed E-state index contributed by atoms with van der Waals surface area (Å²) in [5, 5.41) is 18.4. The smallest absolute Gasteiger partial charge is 0.224 e. The Labute approximate surface area is 168 Å². The van der Waals surface area contributed by atoms with E-state index in [1.807, 2.05) is 22.7 Å². The summed E-state index contributed by atoms with van der Waals surface area (Å²) in [6.45, 7) is 6.47. The molecule has 0 spiro atoms. The maximum absolute atomic E-state index is 12.6. The van der Waals surface area contributed by atoms with Crippen LogP contribution in [0.2, 0.25) is 0 Å². The molecule has 148 valence electrons. The Morgan fingerprint density at radius 3 is 3.00 bits per heavy atom. The molecule has 0 aliphatic carbocycles. The molecule has 4 rings (SSSR count). The van der Waals surface area contributed by atoms with Gasteiger partial charge < -0.3 is 10.2 Å². The van der Waals surface area contributed by atoms with Gasteiger partial charge in [0.05, 0.1) is 5.92 Å². The van der Waals surface area contributed by atoms with Crippen LogP contribution < -0.4 is 10.2 Å². The topological polar surface area (TPSA) is 75.4 Å². The molecule has 7 nitrogen and oxygen atoms in total. The van der Waals surface area contributed by atoms with E-state index in [1.54, 1.807) is 11.3 Å². The van der Waals surface area contributed by atoms with E-state index in [4.69, 9.17) is 5.10 Å². The predicted octanol–water partition coefficient (Wildman–Crippen LogP) is 2.88. The van der Waals surface area contributed by atoms with E-state index < -0.39 is 0 Å². The molecule has 1 amide bonds. The maximum atomic E-state index is 12.6. The van der Waals surface area contributed by atoms with Crippen molar-refractivity contribution < 1.29 is 4.79 Å². The molecule has 1 saturated heterocycles. The second-order valence-corrected chi connectivity index (χ2v) is 8.61. The van der Waals surface area contributed by atoms with Crippen molar-refractivity contribution in [1.29, 1.82) is 0 Å². The van der Waals surface area contributed by atoms with E-state index in [-0.39, 0.29) is 17.7 Å². The Hall–Kier alpha value is -2.48. The number of nitrogens with one attached hydrogen (secondary N) is 1. The van der Waals surface area contributed by atoms with Gasteiger partial charge in [-0.1, -0.05) is 19.9 Å². The molecular formula is C20H26N6OS. The minimum Gasteiger partial charge on any atom is -0.355 e. The van der Waals surface area contributed by atoms with Crippen molar-refractivity contribution in [3.05, 3.63) is 40.3 Å². The number of nitrogens with zero attached hydrogens (tertiary/aromatic N) is 5. The van der Waals surface area contributed by atoms with E-state index in [9.17, 15) is 4.79 Å². The quantitative estimate of drug-likeness (QED) is 0.691. The van der Waals surface area contributed by atoms with Gasteiger partial charge in [-0.25, -0.2) is 0 Å². The molecule has 1 aliphatic rings. The van der Waals surface area contributed by atoms with Crippen molar-refractivity contribution in [3.63, 3.8) is 0 Å². The molecule has 0 aromatic carbocycles. The molecule has 0 unspecified atom stereocenters. The maximum Gasteiger partial charge on any atom is 0.224 e. The lowest BCUT2D eigenvalue weighted by atomic mass is 9.97.